The van der Waals surface area contributed by atoms with Gasteiger partial charge in [-0.25, -0.2) is 0 Å². The van der Waals surface area contributed by atoms with Gasteiger partial charge in [0.25, 0.3) is 5.91 Å². The quantitative estimate of drug-likeness (QED) is 0.691. The number of carbonyl (C=O) groups is 2. The maximum absolute atomic E-state index is 12.4. The molecule has 0 bridgehead atoms. The minimum Gasteiger partial charge on any atom is -0.376 e. The highest BCUT2D eigenvalue weighted by atomic mass is 16.2. The third-order valence-electron chi connectivity index (χ3n) is 4.35. The molecule has 0 heterocycles. The molecule has 2 amide bonds. The lowest BCUT2D eigenvalue weighted by Crippen LogP contribution is -2.30. The SMILES string of the molecule is CCc1cccc(C)c1NC(=O)CNc1ccc(C(=O)NC(C)C)cc1C. The lowest BCUT2D eigenvalue weighted by Gasteiger charge is -2.15. The fourth-order valence-electron chi connectivity index (χ4n) is 2.91. The second kappa shape index (κ2) is 9.21. The molecule has 144 valence electrons. The second-order valence-corrected chi connectivity index (χ2v) is 7.02. The van der Waals surface area contributed by atoms with Crippen LogP contribution < -0.4 is 16.0 Å². The highest BCUT2D eigenvalue weighted by molar-refractivity contribution is 5.96. The van der Waals surface area contributed by atoms with Gasteiger partial charge in [-0.2, -0.15) is 0 Å². The van der Waals surface area contributed by atoms with E-state index in [1.165, 1.54) is 0 Å². The van der Waals surface area contributed by atoms with Crippen LogP contribution in [-0.4, -0.2) is 24.4 Å². The van der Waals surface area contributed by atoms with E-state index in [9.17, 15) is 9.59 Å². The van der Waals surface area contributed by atoms with E-state index in [1.54, 1.807) is 6.07 Å². The molecule has 0 radical (unpaired) electrons. The van der Waals surface area contributed by atoms with Gasteiger partial charge in [-0.3, -0.25) is 9.59 Å². The van der Waals surface area contributed by atoms with Gasteiger partial charge in [-0.1, -0.05) is 25.1 Å². The molecule has 0 spiro atoms. The summed E-state index contributed by atoms with van der Waals surface area (Å²) in [4.78, 5) is 24.5. The Morgan fingerprint density at radius 1 is 1.04 bits per heavy atom. The Morgan fingerprint density at radius 2 is 1.78 bits per heavy atom. The third kappa shape index (κ3) is 5.58. The first-order chi connectivity index (χ1) is 12.8. The molecule has 0 saturated heterocycles. The molecule has 2 aromatic carbocycles. The average Bonchev–Trinajstić information content (AvgIpc) is 2.61. The summed E-state index contributed by atoms with van der Waals surface area (Å²) < 4.78 is 0. The topological polar surface area (TPSA) is 70.2 Å². The highest BCUT2D eigenvalue weighted by Crippen LogP contribution is 2.21. The number of nitrogens with one attached hydrogen (secondary N) is 3. The van der Waals surface area contributed by atoms with Gasteiger partial charge in [0.1, 0.15) is 0 Å². The predicted octanol–water partition coefficient (Wildman–Crippen LogP) is 4.05. The molecule has 3 N–H and O–H groups in total. The Balaban J connectivity index is 2.00. The summed E-state index contributed by atoms with van der Waals surface area (Å²) in [5.74, 6) is -0.191. The van der Waals surface area contributed by atoms with Crippen LogP contribution in [-0.2, 0) is 11.2 Å². The minimum absolute atomic E-state index is 0.0914. The van der Waals surface area contributed by atoms with E-state index in [1.807, 2.05) is 58.0 Å². The van der Waals surface area contributed by atoms with Crippen molar-refractivity contribution in [2.75, 3.05) is 17.2 Å². The molecule has 0 atom stereocenters. The van der Waals surface area contributed by atoms with Crippen LogP contribution in [0.3, 0.4) is 0 Å². The summed E-state index contributed by atoms with van der Waals surface area (Å²) in [5.41, 5.74) is 5.45. The molecule has 2 aromatic rings. The highest BCUT2D eigenvalue weighted by Gasteiger charge is 2.11. The molecule has 0 unspecified atom stereocenters. The van der Waals surface area contributed by atoms with E-state index in [0.717, 1.165) is 34.5 Å². The summed E-state index contributed by atoms with van der Waals surface area (Å²) in [6.45, 7) is 10.0. The van der Waals surface area contributed by atoms with Crippen molar-refractivity contribution < 1.29 is 9.59 Å². The summed E-state index contributed by atoms with van der Waals surface area (Å²) in [7, 11) is 0. The average molecular weight is 367 g/mol. The van der Waals surface area contributed by atoms with Crippen molar-refractivity contribution in [2.24, 2.45) is 0 Å². The second-order valence-electron chi connectivity index (χ2n) is 7.02. The zero-order valence-corrected chi connectivity index (χ0v) is 16.8. The van der Waals surface area contributed by atoms with Gasteiger partial charge in [-0.05, 0) is 69.0 Å². The van der Waals surface area contributed by atoms with Crippen LogP contribution in [0.5, 0.6) is 0 Å². The maximum atomic E-state index is 12.4. The molecular weight excluding hydrogens is 338 g/mol. The van der Waals surface area contributed by atoms with Crippen molar-refractivity contribution in [3.63, 3.8) is 0 Å². The van der Waals surface area contributed by atoms with Gasteiger partial charge in [0.05, 0.1) is 6.54 Å². The van der Waals surface area contributed by atoms with Gasteiger partial charge >= 0.3 is 0 Å². The van der Waals surface area contributed by atoms with Gasteiger partial charge in [0.15, 0.2) is 0 Å². The van der Waals surface area contributed by atoms with Crippen molar-refractivity contribution in [1.29, 1.82) is 0 Å². The van der Waals surface area contributed by atoms with E-state index in [0.29, 0.717) is 5.56 Å². The molecular formula is C22H29N3O2. The molecule has 0 aliphatic carbocycles. The third-order valence-corrected chi connectivity index (χ3v) is 4.35. The minimum atomic E-state index is -0.0972. The Hall–Kier alpha value is -2.82. The monoisotopic (exact) mass is 367 g/mol. The normalized spacial score (nSPS) is 10.6. The summed E-state index contributed by atoms with van der Waals surface area (Å²) in [5, 5.41) is 9.03. The first kappa shape index (κ1) is 20.5. The van der Waals surface area contributed by atoms with E-state index < -0.39 is 0 Å². The first-order valence-corrected chi connectivity index (χ1v) is 9.35. The van der Waals surface area contributed by atoms with Gasteiger partial charge < -0.3 is 16.0 Å². The molecule has 0 aliphatic rings. The molecule has 0 fully saturated rings. The van der Waals surface area contributed by atoms with Crippen LogP contribution >= 0.6 is 0 Å². The van der Waals surface area contributed by atoms with Crippen LogP contribution in [0.15, 0.2) is 36.4 Å². The number of rotatable bonds is 7. The number of hydrogen-bond donors (Lipinski definition) is 3. The van der Waals surface area contributed by atoms with Gasteiger partial charge in [0, 0.05) is 23.0 Å². The molecule has 0 aliphatic heterocycles. The lowest BCUT2D eigenvalue weighted by atomic mass is 10.1. The fraction of sp³-hybridized carbons (Fsp3) is 0.364. The van der Waals surface area contributed by atoms with Crippen LogP contribution in [0.25, 0.3) is 0 Å². The number of benzene rings is 2. The van der Waals surface area contributed by atoms with Crippen molar-refractivity contribution in [3.8, 4) is 0 Å². The number of aryl methyl sites for hydroxylation is 3. The molecule has 0 saturated carbocycles. The lowest BCUT2D eigenvalue weighted by molar-refractivity contribution is -0.114. The Morgan fingerprint density at radius 3 is 2.41 bits per heavy atom. The zero-order valence-electron chi connectivity index (χ0n) is 16.8. The van der Waals surface area contributed by atoms with Crippen molar-refractivity contribution in [3.05, 3.63) is 58.7 Å². The Bertz CT molecular complexity index is 828. The fourth-order valence-corrected chi connectivity index (χ4v) is 2.91. The molecule has 2 rings (SSSR count). The summed E-state index contributed by atoms with van der Waals surface area (Å²) in [6, 6.07) is 11.5. The number of hydrogen-bond acceptors (Lipinski definition) is 3. The molecule has 27 heavy (non-hydrogen) atoms. The van der Waals surface area contributed by atoms with Crippen LogP contribution in [0.2, 0.25) is 0 Å². The van der Waals surface area contributed by atoms with Gasteiger partial charge in [0.2, 0.25) is 5.91 Å². The van der Waals surface area contributed by atoms with Crippen molar-refractivity contribution in [2.45, 2.75) is 47.1 Å². The Kier molecular flexibility index (Phi) is 6.99. The van der Waals surface area contributed by atoms with Crippen LogP contribution in [0.1, 0.15) is 47.8 Å². The standard InChI is InChI=1S/C22H29N3O2/c1-6-17-9-7-8-15(4)21(17)25-20(26)13-23-19-11-10-18(12-16(19)5)22(27)24-14(2)3/h7-12,14,23H,6,13H2,1-5H3,(H,24,27)(H,25,26). The number of para-hydroxylation sites is 1. The van der Waals surface area contributed by atoms with Crippen molar-refractivity contribution >= 4 is 23.2 Å². The summed E-state index contributed by atoms with van der Waals surface area (Å²) in [6.07, 6.45) is 0.865. The van der Waals surface area contributed by atoms with Gasteiger partial charge in [-0.15, -0.1) is 0 Å². The predicted molar refractivity (Wildman–Crippen MR) is 111 cm³/mol. The van der Waals surface area contributed by atoms with Crippen LogP contribution in [0, 0.1) is 13.8 Å². The van der Waals surface area contributed by atoms with E-state index in [4.69, 9.17) is 0 Å². The maximum Gasteiger partial charge on any atom is 0.251 e. The number of carbonyl (C=O) groups excluding carboxylic acids is 2. The molecule has 0 aromatic heterocycles. The smallest absolute Gasteiger partial charge is 0.251 e. The largest absolute Gasteiger partial charge is 0.376 e. The Labute approximate surface area is 161 Å². The zero-order chi connectivity index (χ0) is 20.0. The number of amides is 2. The van der Waals surface area contributed by atoms with Crippen LogP contribution in [0.4, 0.5) is 11.4 Å². The van der Waals surface area contributed by atoms with E-state index >= 15 is 0 Å². The van der Waals surface area contributed by atoms with E-state index in [-0.39, 0.29) is 24.4 Å². The first-order valence-electron chi connectivity index (χ1n) is 9.35. The molecule has 5 nitrogen and oxygen atoms in total. The number of anilines is 2. The van der Waals surface area contributed by atoms with E-state index in [2.05, 4.69) is 22.9 Å². The molecule has 5 heteroatoms. The summed E-state index contributed by atoms with van der Waals surface area (Å²) >= 11 is 0. The van der Waals surface area contributed by atoms with Crippen molar-refractivity contribution in [1.82, 2.24) is 5.32 Å².